The minimum absolute atomic E-state index is 0.0624. The van der Waals surface area contributed by atoms with Crippen molar-refractivity contribution in [3.63, 3.8) is 0 Å². The number of nitrogens with zero attached hydrogens (tertiary/aromatic N) is 1. The van der Waals surface area contributed by atoms with E-state index in [1.165, 1.54) is 43.4 Å². The lowest BCUT2D eigenvalue weighted by molar-refractivity contribution is -0.112. The van der Waals surface area contributed by atoms with Crippen molar-refractivity contribution < 1.29 is 4.74 Å². The fraction of sp³-hybridized carbons (Fsp3) is 0.625. The first-order valence-electron chi connectivity index (χ1n) is 7.48. The van der Waals surface area contributed by atoms with Gasteiger partial charge in [0.25, 0.3) is 0 Å². The van der Waals surface area contributed by atoms with Crippen molar-refractivity contribution >= 4 is 11.8 Å². The lowest BCUT2D eigenvalue weighted by Crippen LogP contribution is -2.48. The van der Waals surface area contributed by atoms with Crippen molar-refractivity contribution in [3.05, 3.63) is 35.9 Å². The summed E-state index contributed by atoms with van der Waals surface area (Å²) in [6.45, 7) is 0.941. The lowest BCUT2D eigenvalue weighted by Gasteiger charge is -2.42. The highest BCUT2D eigenvalue weighted by Crippen LogP contribution is 2.53. The van der Waals surface area contributed by atoms with E-state index in [0.717, 1.165) is 6.61 Å². The Morgan fingerprint density at radius 1 is 1.11 bits per heavy atom. The smallest absolute Gasteiger partial charge is 0.123 e. The van der Waals surface area contributed by atoms with Crippen LogP contribution in [0.5, 0.6) is 0 Å². The second kappa shape index (κ2) is 4.80. The van der Waals surface area contributed by atoms with Crippen LogP contribution in [0.1, 0.15) is 43.0 Å². The van der Waals surface area contributed by atoms with Gasteiger partial charge in [-0.3, -0.25) is 4.90 Å². The first kappa shape index (κ1) is 12.2. The molecular weight excluding hydrogens is 254 g/mol. The third-order valence-electron chi connectivity index (χ3n) is 4.83. The monoisotopic (exact) mass is 275 g/mol. The van der Waals surface area contributed by atoms with Crippen LogP contribution < -0.4 is 0 Å². The van der Waals surface area contributed by atoms with E-state index >= 15 is 0 Å². The number of thioether (sulfide) groups is 1. The zero-order valence-electron chi connectivity index (χ0n) is 11.3. The Morgan fingerprint density at radius 3 is 2.68 bits per heavy atom. The molecule has 1 aromatic carbocycles. The largest absolute Gasteiger partial charge is 0.359 e. The molecular formula is C16H21NOS. The topological polar surface area (TPSA) is 12.5 Å². The lowest BCUT2D eigenvalue weighted by atomic mass is 9.90. The average molecular weight is 275 g/mol. The fourth-order valence-corrected chi connectivity index (χ4v) is 5.47. The third-order valence-corrected chi connectivity index (χ3v) is 6.22. The molecule has 1 spiro atoms. The van der Waals surface area contributed by atoms with Crippen molar-refractivity contribution in [3.8, 4) is 0 Å². The summed E-state index contributed by atoms with van der Waals surface area (Å²) < 4.78 is 6.31. The van der Waals surface area contributed by atoms with Gasteiger partial charge < -0.3 is 4.74 Å². The van der Waals surface area contributed by atoms with Gasteiger partial charge in [-0.15, -0.1) is 11.8 Å². The molecule has 3 aliphatic rings. The molecule has 3 heteroatoms. The molecule has 0 bridgehead atoms. The van der Waals surface area contributed by atoms with Crippen molar-refractivity contribution in [1.82, 2.24) is 4.90 Å². The highest BCUT2D eigenvalue weighted by molar-refractivity contribution is 7.99. The Kier molecular flexibility index (Phi) is 3.09. The van der Waals surface area contributed by atoms with Crippen LogP contribution in [0.25, 0.3) is 0 Å². The minimum Gasteiger partial charge on any atom is -0.359 e. The minimum atomic E-state index is 0.0624. The molecule has 2 heterocycles. The SMILES string of the molecule is c1ccc(C2SCC3COC4(CCCCC4)N32)cc1. The number of rotatable bonds is 1. The number of fused-ring (bicyclic) bond motifs is 2. The Labute approximate surface area is 119 Å². The van der Waals surface area contributed by atoms with Gasteiger partial charge in [-0.05, 0) is 31.2 Å². The molecule has 3 fully saturated rings. The van der Waals surface area contributed by atoms with Crippen LogP contribution in [0.2, 0.25) is 0 Å². The highest BCUT2D eigenvalue weighted by Gasteiger charge is 2.54. The maximum Gasteiger partial charge on any atom is 0.123 e. The number of hydrogen-bond acceptors (Lipinski definition) is 3. The van der Waals surface area contributed by atoms with E-state index in [1.807, 2.05) is 0 Å². The van der Waals surface area contributed by atoms with Gasteiger partial charge in [-0.2, -0.15) is 0 Å². The standard InChI is InChI=1S/C16H21NOS/c1-3-7-13(8-4-1)15-17-14(12-19-15)11-18-16(17)9-5-2-6-10-16/h1,3-4,7-8,14-15H,2,5-6,9-12H2. The maximum absolute atomic E-state index is 6.31. The van der Waals surface area contributed by atoms with E-state index in [9.17, 15) is 0 Å². The molecule has 2 nitrogen and oxygen atoms in total. The van der Waals surface area contributed by atoms with Gasteiger partial charge in [0.1, 0.15) is 5.72 Å². The van der Waals surface area contributed by atoms with Gasteiger partial charge >= 0.3 is 0 Å². The van der Waals surface area contributed by atoms with Crippen LogP contribution in [0.15, 0.2) is 30.3 Å². The molecule has 2 atom stereocenters. The molecule has 0 radical (unpaired) electrons. The molecule has 2 saturated heterocycles. The van der Waals surface area contributed by atoms with E-state index in [-0.39, 0.29) is 5.72 Å². The van der Waals surface area contributed by atoms with Gasteiger partial charge in [0.05, 0.1) is 12.0 Å². The van der Waals surface area contributed by atoms with E-state index in [1.54, 1.807) is 0 Å². The van der Waals surface area contributed by atoms with Crippen molar-refractivity contribution in [2.75, 3.05) is 12.4 Å². The molecule has 2 aliphatic heterocycles. The molecule has 1 saturated carbocycles. The van der Waals surface area contributed by atoms with Crippen molar-refractivity contribution in [1.29, 1.82) is 0 Å². The van der Waals surface area contributed by atoms with Gasteiger partial charge in [0.2, 0.25) is 0 Å². The maximum atomic E-state index is 6.31. The summed E-state index contributed by atoms with van der Waals surface area (Å²) in [5.74, 6) is 1.22. The average Bonchev–Trinajstić information content (AvgIpc) is 3.04. The Hall–Kier alpha value is -0.510. The normalized spacial score (nSPS) is 33.7. The second-order valence-electron chi connectivity index (χ2n) is 5.98. The summed E-state index contributed by atoms with van der Waals surface area (Å²) in [6.07, 6.45) is 6.50. The molecule has 0 amide bonds. The summed E-state index contributed by atoms with van der Waals surface area (Å²) in [6, 6.07) is 11.6. The number of benzene rings is 1. The molecule has 0 N–H and O–H groups in total. The van der Waals surface area contributed by atoms with Crippen LogP contribution in [0.3, 0.4) is 0 Å². The van der Waals surface area contributed by atoms with Gasteiger partial charge in [0, 0.05) is 11.8 Å². The molecule has 102 valence electrons. The van der Waals surface area contributed by atoms with Crippen molar-refractivity contribution in [2.45, 2.75) is 49.2 Å². The Balaban J connectivity index is 1.67. The molecule has 4 rings (SSSR count). The van der Waals surface area contributed by atoms with E-state index < -0.39 is 0 Å². The zero-order valence-corrected chi connectivity index (χ0v) is 12.1. The summed E-state index contributed by atoms with van der Waals surface area (Å²) in [7, 11) is 0. The molecule has 1 aliphatic carbocycles. The van der Waals surface area contributed by atoms with Gasteiger partial charge in [0.15, 0.2) is 0 Å². The van der Waals surface area contributed by atoms with Crippen LogP contribution in [0, 0.1) is 0 Å². The van der Waals surface area contributed by atoms with Crippen LogP contribution in [0.4, 0.5) is 0 Å². The van der Waals surface area contributed by atoms with E-state index in [2.05, 4.69) is 47.0 Å². The fourth-order valence-electron chi connectivity index (χ4n) is 3.94. The highest BCUT2D eigenvalue weighted by atomic mass is 32.2. The van der Waals surface area contributed by atoms with Crippen LogP contribution >= 0.6 is 11.8 Å². The number of hydrogen-bond donors (Lipinski definition) is 0. The second-order valence-corrected chi connectivity index (χ2v) is 7.09. The predicted molar refractivity (Wildman–Crippen MR) is 79.0 cm³/mol. The van der Waals surface area contributed by atoms with Crippen LogP contribution in [-0.4, -0.2) is 29.0 Å². The summed E-state index contributed by atoms with van der Waals surface area (Å²) in [5, 5.41) is 0.506. The Bertz CT molecular complexity index is 438. The van der Waals surface area contributed by atoms with Gasteiger partial charge in [-0.25, -0.2) is 0 Å². The quantitative estimate of drug-likeness (QED) is 0.773. The summed E-state index contributed by atoms with van der Waals surface area (Å²) >= 11 is 2.10. The Morgan fingerprint density at radius 2 is 1.89 bits per heavy atom. The first-order chi connectivity index (χ1) is 9.39. The van der Waals surface area contributed by atoms with Crippen molar-refractivity contribution in [2.24, 2.45) is 0 Å². The third kappa shape index (κ3) is 1.94. The van der Waals surface area contributed by atoms with E-state index in [4.69, 9.17) is 4.74 Å². The first-order valence-corrected chi connectivity index (χ1v) is 8.53. The predicted octanol–water partition coefficient (Wildman–Crippen LogP) is 3.79. The molecule has 0 aromatic heterocycles. The summed E-state index contributed by atoms with van der Waals surface area (Å²) in [5.41, 5.74) is 1.51. The summed E-state index contributed by atoms with van der Waals surface area (Å²) in [4.78, 5) is 2.71. The molecule has 19 heavy (non-hydrogen) atoms. The van der Waals surface area contributed by atoms with Gasteiger partial charge in [-0.1, -0.05) is 36.8 Å². The van der Waals surface area contributed by atoms with Crippen LogP contribution in [-0.2, 0) is 4.74 Å². The zero-order chi connectivity index (χ0) is 12.7. The van der Waals surface area contributed by atoms with E-state index in [0.29, 0.717) is 11.4 Å². The molecule has 1 aromatic rings. The number of ether oxygens (including phenoxy) is 1. The molecule has 2 unspecified atom stereocenters.